The lowest BCUT2D eigenvalue weighted by atomic mass is 10.8. The van der Waals surface area contributed by atoms with Crippen LogP contribution in [-0.2, 0) is 18.2 Å². The van der Waals surface area contributed by atoms with E-state index in [0.29, 0.717) is 0 Å². The highest BCUT2D eigenvalue weighted by atomic mass is 31.1. The van der Waals surface area contributed by atoms with Gasteiger partial charge in [0, 0.05) is 9.13 Å². The van der Waals surface area contributed by atoms with Gasteiger partial charge in [-0.2, -0.15) is 0 Å². The molecule has 0 radical (unpaired) electrons. The fourth-order valence-corrected chi connectivity index (χ4v) is 0.692. The van der Waals surface area contributed by atoms with E-state index >= 15 is 0 Å². The van der Waals surface area contributed by atoms with Crippen LogP contribution in [0, 0.1) is 0 Å². The Morgan fingerprint density at radius 1 is 1.00 bits per heavy atom. The normalized spacial score (nSPS) is 13.0. The van der Waals surface area contributed by atoms with Crippen molar-refractivity contribution in [2.45, 2.75) is 0 Å². The molecule has 6 nitrogen and oxygen atoms in total. The quantitative estimate of drug-likeness (QED) is 0.476. The molecular weight excluding hydrogens is 182 g/mol. The molecule has 0 aromatic carbocycles. The van der Waals surface area contributed by atoms with Gasteiger partial charge in [-0.3, -0.25) is 0 Å². The first-order valence-electron chi connectivity index (χ1n) is 2.21. The van der Waals surface area contributed by atoms with Crippen molar-refractivity contribution in [1.82, 2.24) is 0 Å². The Bertz CT molecular complexity index is 118. The highest BCUT2D eigenvalue weighted by Gasteiger charge is 2.15. The van der Waals surface area contributed by atoms with Gasteiger partial charge in [-0.05, 0) is 0 Å². The third kappa shape index (κ3) is 8.04. The highest BCUT2D eigenvalue weighted by molar-refractivity contribution is 7.32. The van der Waals surface area contributed by atoms with Crippen molar-refractivity contribution >= 4 is 16.5 Å². The van der Waals surface area contributed by atoms with Crippen LogP contribution in [0.5, 0.6) is 0 Å². The Morgan fingerprint density at radius 2 is 1.30 bits per heavy atom. The second-order valence-corrected chi connectivity index (χ2v) is 2.61. The molecule has 2 unspecified atom stereocenters. The maximum Gasteiger partial charge on any atom is 0.694 e. The molecule has 2 atom stereocenters. The van der Waals surface area contributed by atoms with Crippen molar-refractivity contribution in [2.75, 3.05) is 13.2 Å². The van der Waals surface area contributed by atoms with E-state index in [1.54, 1.807) is 0 Å². The predicted octanol–water partition coefficient (Wildman–Crippen LogP) is 0.319. The minimum Gasteiger partial charge on any atom is -0.133 e. The van der Waals surface area contributed by atoms with Crippen LogP contribution in [0.15, 0.2) is 0 Å². The predicted molar refractivity (Wildman–Crippen MR) is 31.6 cm³/mol. The Morgan fingerprint density at radius 3 is 1.50 bits per heavy atom. The first-order valence-corrected chi connectivity index (χ1v) is 4.47. The third-order valence-corrected chi connectivity index (χ3v) is 1.29. The fraction of sp³-hybridized carbons (Fsp3) is 1.00. The summed E-state index contributed by atoms with van der Waals surface area (Å²) in [4.78, 5) is 16.0. The van der Waals surface area contributed by atoms with Crippen molar-refractivity contribution < 1.29 is 28.0 Å². The lowest BCUT2D eigenvalue weighted by Gasteiger charge is -1.80. The molecule has 0 aliphatic rings. The SMILES string of the molecule is O=[P+](O)OCCO[P+](=O)O. The van der Waals surface area contributed by atoms with Crippen molar-refractivity contribution in [3.05, 3.63) is 0 Å². The summed E-state index contributed by atoms with van der Waals surface area (Å²) in [5.41, 5.74) is 0. The topological polar surface area (TPSA) is 93.1 Å². The second kappa shape index (κ2) is 5.80. The summed E-state index contributed by atoms with van der Waals surface area (Å²) in [6, 6.07) is 0. The minimum absolute atomic E-state index is 0.173. The van der Waals surface area contributed by atoms with Crippen molar-refractivity contribution in [2.24, 2.45) is 0 Å². The maximum absolute atomic E-state index is 9.78. The number of rotatable bonds is 5. The van der Waals surface area contributed by atoms with Crippen LogP contribution >= 0.6 is 16.5 Å². The molecule has 58 valence electrons. The van der Waals surface area contributed by atoms with E-state index in [9.17, 15) is 9.13 Å². The molecule has 0 aliphatic heterocycles. The van der Waals surface area contributed by atoms with E-state index in [1.165, 1.54) is 0 Å². The van der Waals surface area contributed by atoms with Gasteiger partial charge in [0.05, 0.1) is 0 Å². The van der Waals surface area contributed by atoms with Gasteiger partial charge >= 0.3 is 16.5 Å². The van der Waals surface area contributed by atoms with E-state index in [4.69, 9.17) is 9.79 Å². The van der Waals surface area contributed by atoms with E-state index < -0.39 is 16.5 Å². The van der Waals surface area contributed by atoms with Crippen LogP contribution in [0.2, 0.25) is 0 Å². The van der Waals surface area contributed by atoms with Gasteiger partial charge in [0.15, 0.2) is 0 Å². The molecule has 0 heterocycles. The van der Waals surface area contributed by atoms with Gasteiger partial charge in [0.25, 0.3) is 0 Å². The molecule has 0 saturated heterocycles. The highest BCUT2D eigenvalue weighted by Crippen LogP contribution is 2.16. The van der Waals surface area contributed by atoms with E-state index in [-0.39, 0.29) is 13.2 Å². The molecule has 8 heteroatoms. The molecule has 0 aromatic rings. The van der Waals surface area contributed by atoms with Crippen LogP contribution in [0.3, 0.4) is 0 Å². The molecule has 0 spiro atoms. The van der Waals surface area contributed by atoms with Crippen molar-refractivity contribution in [3.8, 4) is 0 Å². The number of hydrogen-bond acceptors (Lipinski definition) is 4. The molecule has 0 rings (SSSR count). The monoisotopic (exact) mass is 188 g/mol. The summed E-state index contributed by atoms with van der Waals surface area (Å²) in [6.45, 7) is -0.347. The first-order chi connectivity index (χ1) is 4.63. The largest absolute Gasteiger partial charge is 0.694 e. The Balaban J connectivity index is 3.06. The van der Waals surface area contributed by atoms with Crippen LogP contribution in [0.1, 0.15) is 0 Å². The van der Waals surface area contributed by atoms with Gasteiger partial charge in [0.2, 0.25) is 0 Å². The standard InChI is InChI=1S/C2H4O6P2/c3-9(4)7-1-2-8-10(5)6/h1-2H2/p+2. The number of hydrogen-bond donors (Lipinski definition) is 2. The van der Waals surface area contributed by atoms with Gasteiger partial charge < -0.3 is 0 Å². The summed E-state index contributed by atoms with van der Waals surface area (Å²) in [5, 5.41) is 0. The molecule has 0 bridgehead atoms. The Kier molecular flexibility index (Phi) is 5.82. The molecule has 2 N–H and O–H groups in total. The fourth-order valence-electron chi connectivity index (χ4n) is 0.231. The molecule has 10 heavy (non-hydrogen) atoms. The minimum atomic E-state index is -2.64. The van der Waals surface area contributed by atoms with Crippen molar-refractivity contribution in [1.29, 1.82) is 0 Å². The van der Waals surface area contributed by atoms with Crippen LogP contribution in [0.4, 0.5) is 0 Å². The zero-order chi connectivity index (χ0) is 7.98. The summed E-state index contributed by atoms with van der Waals surface area (Å²) >= 11 is 0. The van der Waals surface area contributed by atoms with Crippen molar-refractivity contribution in [3.63, 3.8) is 0 Å². The smallest absolute Gasteiger partial charge is 0.133 e. The molecular formula is C2H6O6P2+2. The molecule has 0 amide bonds. The van der Waals surface area contributed by atoms with Crippen LogP contribution < -0.4 is 0 Å². The maximum atomic E-state index is 9.78. The zero-order valence-electron chi connectivity index (χ0n) is 4.84. The molecule has 0 aliphatic carbocycles. The second-order valence-electron chi connectivity index (χ2n) is 1.14. The Labute approximate surface area is 58.7 Å². The van der Waals surface area contributed by atoms with Crippen LogP contribution in [0.25, 0.3) is 0 Å². The Hall–Kier alpha value is 0.0400. The molecule has 0 fully saturated rings. The van der Waals surface area contributed by atoms with Gasteiger partial charge in [-0.1, -0.05) is 0 Å². The molecule has 0 saturated carbocycles. The van der Waals surface area contributed by atoms with E-state index in [1.807, 2.05) is 0 Å². The summed E-state index contributed by atoms with van der Waals surface area (Å²) < 4.78 is 27.7. The van der Waals surface area contributed by atoms with Crippen LogP contribution in [-0.4, -0.2) is 23.0 Å². The lowest BCUT2D eigenvalue weighted by Crippen LogP contribution is -1.94. The first kappa shape index (κ1) is 10.0. The van der Waals surface area contributed by atoms with E-state index in [0.717, 1.165) is 0 Å². The molecule has 0 aromatic heterocycles. The van der Waals surface area contributed by atoms with Gasteiger partial charge in [0.1, 0.15) is 13.2 Å². The van der Waals surface area contributed by atoms with E-state index in [2.05, 4.69) is 9.05 Å². The summed E-state index contributed by atoms with van der Waals surface area (Å²) in [7, 11) is -5.28. The van der Waals surface area contributed by atoms with Gasteiger partial charge in [-0.15, -0.1) is 18.8 Å². The average molecular weight is 188 g/mol. The third-order valence-electron chi connectivity index (χ3n) is 0.487. The lowest BCUT2D eigenvalue weighted by molar-refractivity contribution is 0.198. The summed E-state index contributed by atoms with van der Waals surface area (Å²) in [5.74, 6) is 0. The average Bonchev–Trinajstić information content (AvgIpc) is 1.79. The zero-order valence-corrected chi connectivity index (χ0v) is 6.62. The van der Waals surface area contributed by atoms with Gasteiger partial charge in [-0.25, -0.2) is 0 Å². The summed E-state index contributed by atoms with van der Waals surface area (Å²) in [6.07, 6.45) is 0.